The van der Waals surface area contributed by atoms with Crippen molar-refractivity contribution in [2.24, 2.45) is 10.4 Å². The lowest BCUT2D eigenvalue weighted by molar-refractivity contribution is -0.0910. The first kappa shape index (κ1) is 9.20. The van der Waals surface area contributed by atoms with E-state index in [9.17, 15) is 0 Å². The number of ether oxygens (including phenoxy) is 1. The molecule has 0 atom stereocenters. The van der Waals surface area contributed by atoms with Crippen LogP contribution in [0.1, 0.15) is 46.0 Å². The molecule has 0 bridgehead atoms. The highest BCUT2D eigenvalue weighted by Crippen LogP contribution is 2.37. The summed E-state index contributed by atoms with van der Waals surface area (Å²) >= 11 is 0. The summed E-state index contributed by atoms with van der Waals surface area (Å²) in [7, 11) is 0. The molecule has 2 heteroatoms. The van der Waals surface area contributed by atoms with Gasteiger partial charge in [0.05, 0.1) is 6.61 Å². The van der Waals surface area contributed by atoms with E-state index in [4.69, 9.17) is 4.74 Å². The van der Waals surface area contributed by atoms with Crippen molar-refractivity contribution in [1.29, 1.82) is 0 Å². The van der Waals surface area contributed by atoms with Crippen molar-refractivity contribution in [3.8, 4) is 0 Å². The van der Waals surface area contributed by atoms with Crippen LogP contribution in [0.25, 0.3) is 0 Å². The summed E-state index contributed by atoms with van der Waals surface area (Å²) in [6.07, 6.45) is 8.25. The first-order valence-electron chi connectivity index (χ1n) is 5.32. The van der Waals surface area contributed by atoms with Crippen LogP contribution in [0, 0.1) is 5.41 Å². The molecule has 0 aromatic heterocycles. The van der Waals surface area contributed by atoms with E-state index in [-0.39, 0.29) is 11.1 Å². The third-order valence-corrected chi connectivity index (χ3v) is 3.00. The molecule has 1 heterocycles. The fourth-order valence-electron chi connectivity index (χ4n) is 2.06. The third kappa shape index (κ3) is 1.93. The highest BCUT2D eigenvalue weighted by atomic mass is 16.5. The van der Waals surface area contributed by atoms with Crippen molar-refractivity contribution in [1.82, 2.24) is 0 Å². The van der Waals surface area contributed by atoms with Gasteiger partial charge in [0.2, 0.25) is 0 Å². The summed E-state index contributed by atoms with van der Waals surface area (Å²) in [5.41, 5.74) is 0.0243. The van der Waals surface area contributed by atoms with Crippen LogP contribution in [0.15, 0.2) is 4.99 Å². The summed E-state index contributed by atoms with van der Waals surface area (Å²) in [4.78, 5) is 4.63. The lowest BCUT2D eigenvalue weighted by atomic mass is 9.88. The molecule has 2 nitrogen and oxygen atoms in total. The molecule has 74 valence electrons. The van der Waals surface area contributed by atoms with Crippen LogP contribution in [0.4, 0.5) is 0 Å². The van der Waals surface area contributed by atoms with Crippen molar-refractivity contribution in [3.05, 3.63) is 0 Å². The summed E-state index contributed by atoms with van der Waals surface area (Å²) < 4.78 is 5.92. The maximum Gasteiger partial charge on any atom is 0.158 e. The first-order chi connectivity index (χ1) is 6.12. The zero-order chi connectivity index (χ0) is 9.36. The molecule has 2 rings (SSSR count). The Bertz CT molecular complexity index is 214. The zero-order valence-electron chi connectivity index (χ0n) is 8.68. The van der Waals surface area contributed by atoms with Gasteiger partial charge in [-0.3, -0.25) is 4.99 Å². The molecule has 0 N–H and O–H groups in total. The van der Waals surface area contributed by atoms with Crippen LogP contribution < -0.4 is 0 Å². The summed E-state index contributed by atoms with van der Waals surface area (Å²) in [6.45, 7) is 5.18. The Labute approximate surface area is 80.4 Å². The average molecular weight is 181 g/mol. The molecule has 0 radical (unpaired) electrons. The Kier molecular flexibility index (Phi) is 2.18. The van der Waals surface area contributed by atoms with Crippen molar-refractivity contribution in [2.75, 3.05) is 6.61 Å². The van der Waals surface area contributed by atoms with Gasteiger partial charge in [-0.15, -0.1) is 0 Å². The summed E-state index contributed by atoms with van der Waals surface area (Å²) in [5.74, 6) is 0. The summed E-state index contributed by atoms with van der Waals surface area (Å²) in [6, 6.07) is 0. The number of aliphatic imine (C=N–C) groups is 1. The maximum atomic E-state index is 5.92. The van der Waals surface area contributed by atoms with E-state index in [1.54, 1.807) is 0 Å². The maximum absolute atomic E-state index is 5.92. The van der Waals surface area contributed by atoms with Crippen molar-refractivity contribution >= 4 is 6.21 Å². The van der Waals surface area contributed by atoms with Gasteiger partial charge in [0.25, 0.3) is 0 Å². The molecule has 0 aromatic rings. The second-order valence-electron chi connectivity index (χ2n) is 5.04. The zero-order valence-corrected chi connectivity index (χ0v) is 8.68. The SMILES string of the molecule is CC1(C)C=NC2(CCCCC2)OC1. The largest absolute Gasteiger partial charge is 0.353 e. The van der Waals surface area contributed by atoms with Gasteiger partial charge in [-0.1, -0.05) is 20.3 Å². The predicted molar refractivity (Wildman–Crippen MR) is 54.0 cm³/mol. The van der Waals surface area contributed by atoms with Gasteiger partial charge in [-0.2, -0.15) is 0 Å². The molecule has 0 amide bonds. The van der Waals surface area contributed by atoms with E-state index in [0.717, 1.165) is 19.4 Å². The number of nitrogens with zero attached hydrogens (tertiary/aromatic N) is 1. The molecule has 1 aliphatic heterocycles. The third-order valence-electron chi connectivity index (χ3n) is 3.00. The number of rotatable bonds is 0. The van der Waals surface area contributed by atoms with Crippen molar-refractivity contribution in [2.45, 2.75) is 51.7 Å². The normalized spacial score (nSPS) is 30.6. The molecule has 0 aromatic carbocycles. The first-order valence-corrected chi connectivity index (χ1v) is 5.32. The van der Waals surface area contributed by atoms with Crippen LogP contribution in [-0.2, 0) is 4.74 Å². The van der Waals surface area contributed by atoms with Crippen LogP contribution >= 0.6 is 0 Å². The minimum Gasteiger partial charge on any atom is -0.353 e. The van der Waals surface area contributed by atoms with Gasteiger partial charge in [-0.25, -0.2) is 0 Å². The van der Waals surface area contributed by atoms with E-state index >= 15 is 0 Å². The van der Waals surface area contributed by atoms with Gasteiger partial charge in [0.1, 0.15) is 0 Å². The molecular weight excluding hydrogens is 162 g/mol. The highest BCUT2D eigenvalue weighted by molar-refractivity contribution is 5.66. The molecule has 1 saturated carbocycles. The van der Waals surface area contributed by atoms with Gasteiger partial charge in [-0.05, 0) is 25.7 Å². The molecule has 0 unspecified atom stereocenters. The second kappa shape index (κ2) is 3.09. The Morgan fingerprint density at radius 3 is 2.38 bits per heavy atom. The lowest BCUT2D eigenvalue weighted by Gasteiger charge is -2.40. The van der Waals surface area contributed by atoms with Gasteiger partial charge >= 0.3 is 0 Å². The Morgan fingerprint density at radius 1 is 1.15 bits per heavy atom. The van der Waals surface area contributed by atoms with Gasteiger partial charge in [0, 0.05) is 11.6 Å². The van der Waals surface area contributed by atoms with Gasteiger partial charge in [0.15, 0.2) is 5.72 Å². The quantitative estimate of drug-likeness (QED) is 0.563. The minimum atomic E-state index is -0.117. The number of hydrogen-bond donors (Lipinski definition) is 0. The van der Waals surface area contributed by atoms with Crippen molar-refractivity contribution < 1.29 is 4.74 Å². The minimum absolute atomic E-state index is 0.117. The molecule has 2 aliphatic rings. The molecule has 1 spiro atoms. The Hall–Kier alpha value is -0.370. The molecule has 13 heavy (non-hydrogen) atoms. The van der Waals surface area contributed by atoms with E-state index < -0.39 is 0 Å². The van der Waals surface area contributed by atoms with E-state index in [1.807, 2.05) is 0 Å². The fraction of sp³-hybridized carbons (Fsp3) is 0.909. The van der Waals surface area contributed by atoms with Crippen LogP contribution in [0.5, 0.6) is 0 Å². The van der Waals surface area contributed by atoms with E-state index in [1.165, 1.54) is 19.3 Å². The highest BCUT2D eigenvalue weighted by Gasteiger charge is 2.37. The topological polar surface area (TPSA) is 21.6 Å². The van der Waals surface area contributed by atoms with Crippen LogP contribution in [-0.4, -0.2) is 18.5 Å². The second-order valence-corrected chi connectivity index (χ2v) is 5.04. The molecule has 0 saturated heterocycles. The van der Waals surface area contributed by atoms with Gasteiger partial charge < -0.3 is 4.74 Å². The predicted octanol–water partition coefficient (Wildman–Crippen LogP) is 2.77. The standard InChI is InChI=1S/C11H19NO/c1-10(2)8-12-11(13-9-10)6-4-3-5-7-11/h8H,3-7,9H2,1-2H3. The number of hydrogen-bond acceptors (Lipinski definition) is 2. The Morgan fingerprint density at radius 2 is 1.85 bits per heavy atom. The average Bonchev–Trinajstić information content (AvgIpc) is 2.13. The lowest BCUT2D eigenvalue weighted by Crippen LogP contribution is -2.41. The van der Waals surface area contributed by atoms with Crippen LogP contribution in [0.3, 0.4) is 0 Å². The molecule has 1 aliphatic carbocycles. The molecular formula is C11H19NO. The fourth-order valence-corrected chi connectivity index (χ4v) is 2.06. The van der Waals surface area contributed by atoms with Crippen molar-refractivity contribution in [3.63, 3.8) is 0 Å². The van der Waals surface area contributed by atoms with E-state index in [2.05, 4.69) is 25.1 Å². The smallest absolute Gasteiger partial charge is 0.158 e. The Balaban J connectivity index is 2.09. The van der Waals surface area contributed by atoms with Crippen LogP contribution in [0.2, 0.25) is 0 Å². The summed E-state index contributed by atoms with van der Waals surface area (Å²) in [5, 5.41) is 0. The molecule has 1 fully saturated rings. The van der Waals surface area contributed by atoms with E-state index in [0.29, 0.717) is 0 Å². The monoisotopic (exact) mass is 181 g/mol.